The molecule has 2 unspecified atom stereocenters. The minimum atomic E-state index is 0.148. The van der Waals surface area contributed by atoms with Crippen molar-refractivity contribution in [3.05, 3.63) is 53.3 Å². The van der Waals surface area contributed by atoms with E-state index in [1.54, 1.807) is 0 Å². The number of hydrogen-bond donors (Lipinski definition) is 0. The quantitative estimate of drug-likeness (QED) is 0.864. The zero-order chi connectivity index (χ0) is 15.0. The Morgan fingerprint density at radius 1 is 1.38 bits per heavy atom. The highest BCUT2D eigenvalue weighted by Crippen LogP contribution is 2.48. The number of rotatable bonds is 4. The molecule has 110 valence electrons. The zero-order valence-electron chi connectivity index (χ0n) is 12.8. The summed E-state index contributed by atoms with van der Waals surface area (Å²) in [5.41, 5.74) is 3.51. The van der Waals surface area contributed by atoms with Gasteiger partial charge in [-0.05, 0) is 24.8 Å². The van der Waals surface area contributed by atoms with E-state index in [0.29, 0.717) is 12.5 Å². The van der Waals surface area contributed by atoms with Gasteiger partial charge in [0.1, 0.15) is 0 Å². The number of hydrogen-bond acceptors (Lipinski definition) is 2. The third kappa shape index (κ3) is 2.71. The maximum atomic E-state index is 12.5. The van der Waals surface area contributed by atoms with Crippen molar-refractivity contribution in [2.75, 3.05) is 7.05 Å². The van der Waals surface area contributed by atoms with E-state index in [0.717, 1.165) is 17.7 Å². The first-order chi connectivity index (χ1) is 10.1. The average Bonchev–Trinajstić information content (AvgIpc) is 3.24. The van der Waals surface area contributed by atoms with Gasteiger partial charge >= 0.3 is 0 Å². The summed E-state index contributed by atoms with van der Waals surface area (Å²) >= 11 is 0. The summed E-state index contributed by atoms with van der Waals surface area (Å²) in [6.45, 7) is 2.67. The van der Waals surface area contributed by atoms with Crippen LogP contribution in [-0.4, -0.2) is 27.6 Å². The number of aromatic nitrogens is 2. The van der Waals surface area contributed by atoms with Crippen LogP contribution in [0.5, 0.6) is 0 Å². The van der Waals surface area contributed by atoms with Crippen LogP contribution in [0.1, 0.15) is 29.2 Å². The first kappa shape index (κ1) is 13.9. The van der Waals surface area contributed by atoms with Gasteiger partial charge in [0.05, 0.1) is 6.20 Å². The van der Waals surface area contributed by atoms with Crippen LogP contribution in [0.15, 0.2) is 36.5 Å². The third-order valence-corrected chi connectivity index (χ3v) is 4.46. The lowest BCUT2D eigenvalue weighted by Crippen LogP contribution is -2.28. The molecule has 0 N–H and O–H groups in total. The van der Waals surface area contributed by atoms with Crippen molar-refractivity contribution in [1.82, 2.24) is 14.7 Å². The smallest absolute Gasteiger partial charge is 0.226 e. The highest BCUT2D eigenvalue weighted by atomic mass is 16.2. The molecule has 1 aliphatic carbocycles. The molecule has 1 aromatic heterocycles. The van der Waals surface area contributed by atoms with Gasteiger partial charge in [0, 0.05) is 37.8 Å². The van der Waals surface area contributed by atoms with E-state index in [1.807, 2.05) is 55.0 Å². The minimum Gasteiger partial charge on any atom is -0.341 e. The van der Waals surface area contributed by atoms with Crippen LogP contribution in [0.2, 0.25) is 0 Å². The summed E-state index contributed by atoms with van der Waals surface area (Å²) in [5, 5.41) is 4.23. The van der Waals surface area contributed by atoms with Gasteiger partial charge < -0.3 is 4.90 Å². The minimum absolute atomic E-state index is 0.148. The van der Waals surface area contributed by atoms with Crippen molar-refractivity contribution in [2.24, 2.45) is 13.0 Å². The van der Waals surface area contributed by atoms with Gasteiger partial charge in [-0.15, -0.1) is 0 Å². The summed E-state index contributed by atoms with van der Waals surface area (Å²) in [7, 11) is 3.81. The third-order valence-electron chi connectivity index (χ3n) is 4.46. The Hall–Kier alpha value is -2.10. The molecule has 21 heavy (non-hydrogen) atoms. The van der Waals surface area contributed by atoms with Gasteiger partial charge in [-0.3, -0.25) is 9.48 Å². The lowest BCUT2D eigenvalue weighted by molar-refractivity contribution is -0.131. The number of carbonyl (C=O) groups excluding carboxylic acids is 1. The van der Waals surface area contributed by atoms with Crippen LogP contribution in [0.25, 0.3) is 0 Å². The Kier molecular flexibility index (Phi) is 3.53. The molecular formula is C17H21N3O. The second-order valence-electron chi connectivity index (χ2n) is 5.93. The summed E-state index contributed by atoms with van der Waals surface area (Å²) in [5.74, 6) is 0.789. The van der Waals surface area contributed by atoms with Gasteiger partial charge in [0.2, 0.25) is 5.91 Å². The summed E-state index contributed by atoms with van der Waals surface area (Å²) in [4.78, 5) is 14.3. The van der Waals surface area contributed by atoms with Crippen molar-refractivity contribution >= 4 is 5.91 Å². The van der Waals surface area contributed by atoms with Gasteiger partial charge in [0.25, 0.3) is 0 Å². The fourth-order valence-corrected chi connectivity index (χ4v) is 2.85. The Balaban J connectivity index is 1.63. The van der Waals surface area contributed by atoms with E-state index >= 15 is 0 Å². The van der Waals surface area contributed by atoms with Crippen molar-refractivity contribution in [1.29, 1.82) is 0 Å². The van der Waals surface area contributed by atoms with Gasteiger partial charge in [-0.2, -0.15) is 5.10 Å². The molecular weight excluding hydrogens is 262 g/mol. The maximum Gasteiger partial charge on any atom is 0.226 e. The first-order valence-electron chi connectivity index (χ1n) is 7.35. The molecule has 0 spiro atoms. The summed E-state index contributed by atoms with van der Waals surface area (Å²) < 4.78 is 1.84. The maximum absolute atomic E-state index is 12.5. The molecule has 1 amide bonds. The predicted octanol–water partition coefficient (Wildman–Crippen LogP) is 2.49. The fourth-order valence-electron chi connectivity index (χ4n) is 2.85. The molecule has 0 aliphatic heterocycles. The average molecular weight is 283 g/mol. The van der Waals surface area contributed by atoms with E-state index in [1.165, 1.54) is 5.56 Å². The molecule has 1 fully saturated rings. The van der Waals surface area contributed by atoms with Gasteiger partial charge in [0.15, 0.2) is 0 Å². The van der Waals surface area contributed by atoms with Crippen molar-refractivity contribution in [2.45, 2.75) is 25.8 Å². The molecule has 4 nitrogen and oxygen atoms in total. The molecule has 0 bridgehead atoms. The molecule has 1 aromatic carbocycles. The van der Waals surface area contributed by atoms with Gasteiger partial charge in [-0.25, -0.2) is 0 Å². The topological polar surface area (TPSA) is 38.1 Å². The molecule has 3 rings (SSSR count). The molecule has 1 aliphatic rings. The van der Waals surface area contributed by atoms with Crippen LogP contribution in [0, 0.1) is 12.8 Å². The highest BCUT2D eigenvalue weighted by molar-refractivity contribution is 5.82. The van der Waals surface area contributed by atoms with E-state index in [-0.39, 0.29) is 11.8 Å². The van der Waals surface area contributed by atoms with Crippen molar-refractivity contribution < 1.29 is 4.79 Å². The number of benzene rings is 1. The predicted molar refractivity (Wildman–Crippen MR) is 81.7 cm³/mol. The lowest BCUT2D eigenvalue weighted by atomic mass is 10.1. The van der Waals surface area contributed by atoms with Crippen LogP contribution < -0.4 is 0 Å². The zero-order valence-corrected chi connectivity index (χ0v) is 12.8. The molecule has 2 aromatic rings. The van der Waals surface area contributed by atoms with Crippen molar-refractivity contribution in [3.8, 4) is 0 Å². The van der Waals surface area contributed by atoms with Crippen LogP contribution in [0.4, 0.5) is 0 Å². The largest absolute Gasteiger partial charge is 0.341 e. The van der Waals surface area contributed by atoms with Crippen molar-refractivity contribution in [3.63, 3.8) is 0 Å². The second kappa shape index (κ2) is 5.35. The van der Waals surface area contributed by atoms with Crippen LogP contribution >= 0.6 is 0 Å². The Morgan fingerprint density at radius 3 is 2.71 bits per heavy atom. The monoisotopic (exact) mass is 283 g/mol. The molecule has 0 radical (unpaired) electrons. The highest BCUT2D eigenvalue weighted by Gasteiger charge is 2.45. The Labute approximate surface area is 125 Å². The fraction of sp³-hybridized carbons (Fsp3) is 0.412. The van der Waals surface area contributed by atoms with Gasteiger partial charge in [-0.1, -0.05) is 30.3 Å². The first-order valence-corrected chi connectivity index (χ1v) is 7.35. The van der Waals surface area contributed by atoms with Crippen LogP contribution in [-0.2, 0) is 18.4 Å². The van der Waals surface area contributed by atoms with E-state index in [2.05, 4.69) is 17.2 Å². The van der Waals surface area contributed by atoms with Crippen LogP contribution in [0.3, 0.4) is 0 Å². The molecule has 0 saturated heterocycles. The number of aryl methyl sites for hydroxylation is 1. The number of nitrogens with zero attached hydrogens (tertiary/aromatic N) is 3. The Bertz CT molecular complexity index is 647. The van der Waals surface area contributed by atoms with E-state index in [4.69, 9.17) is 0 Å². The standard InChI is InChI=1S/C17H21N3O/c1-12-14(10-18-20(12)3)11-19(2)17(21)16-9-15(16)13-7-5-4-6-8-13/h4-8,10,15-16H,9,11H2,1-3H3. The van der Waals surface area contributed by atoms with E-state index in [9.17, 15) is 4.79 Å². The Morgan fingerprint density at radius 2 is 2.10 bits per heavy atom. The summed E-state index contributed by atoms with van der Waals surface area (Å²) in [6, 6.07) is 10.3. The normalized spacial score (nSPS) is 20.3. The lowest BCUT2D eigenvalue weighted by Gasteiger charge is -2.17. The summed E-state index contributed by atoms with van der Waals surface area (Å²) in [6.07, 6.45) is 2.82. The SMILES string of the molecule is Cc1c(CN(C)C(=O)C2CC2c2ccccc2)cnn1C. The molecule has 1 heterocycles. The van der Waals surface area contributed by atoms with E-state index < -0.39 is 0 Å². The molecule has 1 saturated carbocycles. The number of amides is 1. The molecule has 2 atom stereocenters. The second-order valence-corrected chi connectivity index (χ2v) is 5.93. The molecule has 4 heteroatoms. The number of carbonyl (C=O) groups is 1.